The van der Waals surface area contributed by atoms with Crippen molar-refractivity contribution in [1.29, 1.82) is 0 Å². The third-order valence-corrected chi connectivity index (χ3v) is 4.26. The van der Waals surface area contributed by atoms with E-state index in [1.807, 2.05) is 0 Å². The largest absolute Gasteiger partial charge is 0.386 e. The lowest BCUT2D eigenvalue weighted by molar-refractivity contribution is -0.384. The molecule has 1 saturated carbocycles. The minimum Gasteiger partial charge on any atom is -0.386 e. The molecule has 0 unspecified atom stereocenters. The van der Waals surface area contributed by atoms with Crippen LogP contribution in [0.3, 0.4) is 0 Å². The zero-order chi connectivity index (χ0) is 14.5. The summed E-state index contributed by atoms with van der Waals surface area (Å²) >= 11 is 5.71. The molecule has 3 rings (SSSR count). The molecule has 1 saturated heterocycles. The molecule has 106 valence electrons. The van der Waals surface area contributed by atoms with Gasteiger partial charge in [0.1, 0.15) is 10.6 Å². The van der Waals surface area contributed by atoms with E-state index < -0.39 is 10.5 Å². The first-order valence-corrected chi connectivity index (χ1v) is 6.74. The molecule has 1 N–H and O–H groups in total. The summed E-state index contributed by atoms with van der Waals surface area (Å²) in [5, 5.41) is 21.0. The van der Waals surface area contributed by atoms with Crippen LogP contribution >= 0.6 is 11.6 Å². The van der Waals surface area contributed by atoms with E-state index in [4.69, 9.17) is 11.6 Å². The van der Waals surface area contributed by atoms with Crippen LogP contribution in [0.15, 0.2) is 18.2 Å². The van der Waals surface area contributed by atoms with Crippen LogP contribution in [-0.2, 0) is 0 Å². The summed E-state index contributed by atoms with van der Waals surface area (Å²) in [5.74, 6) is -0.0128. The van der Waals surface area contributed by atoms with Crippen molar-refractivity contribution in [3.05, 3.63) is 38.9 Å². The monoisotopic (exact) mass is 296 g/mol. The Morgan fingerprint density at radius 2 is 2.10 bits per heavy atom. The molecule has 7 heteroatoms. The van der Waals surface area contributed by atoms with Crippen LogP contribution in [0.5, 0.6) is 0 Å². The quantitative estimate of drug-likeness (QED) is 0.681. The first-order valence-electron chi connectivity index (χ1n) is 6.36. The van der Waals surface area contributed by atoms with Gasteiger partial charge in [-0.2, -0.15) is 0 Å². The number of halogens is 1. The van der Waals surface area contributed by atoms with Crippen molar-refractivity contribution in [3.8, 4) is 0 Å². The Morgan fingerprint density at radius 1 is 1.45 bits per heavy atom. The van der Waals surface area contributed by atoms with Crippen LogP contribution in [0.1, 0.15) is 23.2 Å². The second-order valence-corrected chi connectivity index (χ2v) is 5.87. The molecular formula is C13H13ClN2O4. The lowest BCUT2D eigenvalue weighted by Gasteiger charge is -2.47. The minimum atomic E-state index is -0.756. The van der Waals surface area contributed by atoms with E-state index in [2.05, 4.69) is 0 Å². The summed E-state index contributed by atoms with van der Waals surface area (Å²) in [6, 6.07) is 3.99. The van der Waals surface area contributed by atoms with Gasteiger partial charge in [0, 0.05) is 11.6 Å². The summed E-state index contributed by atoms with van der Waals surface area (Å²) in [7, 11) is 0. The number of nitrogens with zero attached hydrogens (tertiary/aromatic N) is 2. The number of β-amino-alcohol motifs (C(OH)–C–C–N with tert-alkyl or cyclic N) is 1. The molecule has 0 aromatic heterocycles. The molecule has 1 aromatic carbocycles. The number of amides is 1. The molecular weight excluding hydrogens is 284 g/mol. The number of hydrogen-bond acceptors (Lipinski definition) is 4. The van der Waals surface area contributed by atoms with Gasteiger partial charge in [-0.3, -0.25) is 14.9 Å². The molecule has 2 aliphatic rings. The van der Waals surface area contributed by atoms with Crippen molar-refractivity contribution in [2.24, 2.45) is 5.92 Å². The number of benzene rings is 1. The Bertz CT molecular complexity index is 594. The van der Waals surface area contributed by atoms with Crippen molar-refractivity contribution in [2.45, 2.75) is 18.4 Å². The lowest BCUT2D eigenvalue weighted by atomic mass is 9.88. The van der Waals surface area contributed by atoms with E-state index in [0.29, 0.717) is 19.0 Å². The average Bonchev–Trinajstić information content (AvgIpc) is 3.19. The van der Waals surface area contributed by atoms with Crippen LogP contribution < -0.4 is 0 Å². The number of likely N-dealkylation sites (tertiary alicyclic amines) is 1. The number of carbonyl (C=O) groups excluding carboxylic acids is 1. The van der Waals surface area contributed by atoms with Gasteiger partial charge in [0.05, 0.1) is 18.0 Å². The Hall–Kier alpha value is -1.66. The SMILES string of the molecule is O=C(c1ccc(Cl)c([N+](=O)[O-])c1)N1CC(O)(C2CC2)C1. The number of nitro benzene ring substituents is 1. The number of rotatable bonds is 3. The van der Waals surface area contributed by atoms with Crippen LogP contribution in [-0.4, -0.2) is 39.5 Å². The van der Waals surface area contributed by atoms with Gasteiger partial charge in [0.2, 0.25) is 0 Å². The molecule has 1 heterocycles. The van der Waals surface area contributed by atoms with Crippen molar-refractivity contribution >= 4 is 23.2 Å². The Morgan fingerprint density at radius 3 is 2.65 bits per heavy atom. The smallest absolute Gasteiger partial charge is 0.288 e. The van der Waals surface area contributed by atoms with Crippen molar-refractivity contribution < 1.29 is 14.8 Å². The number of aliphatic hydroxyl groups is 1. The van der Waals surface area contributed by atoms with Gasteiger partial charge in [0.25, 0.3) is 11.6 Å². The van der Waals surface area contributed by atoms with Crippen molar-refractivity contribution in [1.82, 2.24) is 4.90 Å². The highest BCUT2D eigenvalue weighted by Gasteiger charge is 2.53. The first-order chi connectivity index (χ1) is 9.40. The summed E-state index contributed by atoms with van der Waals surface area (Å²) in [5.41, 5.74) is -0.817. The van der Waals surface area contributed by atoms with Gasteiger partial charge in [-0.05, 0) is 30.9 Å². The van der Waals surface area contributed by atoms with Crippen LogP contribution in [0.2, 0.25) is 5.02 Å². The number of carbonyl (C=O) groups is 1. The molecule has 20 heavy (non-hydrogen) atoms. The van der Waals surface area contributed by atoms with Crippen molar-refractivity contribution in [3.63, 3.8) is 0 Å². The average molecular weight is 297 g/mol. The van der Waals surface area contributed by atoms with Crippen LogP contribution in [0, 0.1) is 16.0 Å². The zero-order valence-electron chi connectivity index (χ0n) is 10.6. The Balaban J connectivity index is 1.75. The standard InChI is InChI=1S/C13H13ClN2O4/c14-10-4-1-8(5-11(10)16(19)20)12(17)15-6-13(18,7-15)9-2-3-9/h1,4-5,9,18H,2-3,6-7H2. The summed E-state index contributed by atoms with van der Waals surface area (Å²) in [4.78, 5) is 23.9. The van der Waals surface area contributed by atoms with Gasteiger partial charge in [-0.25, -0.2) is 0 Å². The molecule has 1 aromatic rings. The fourth-order valence-corrected chi connectivity index (χ4v) is 2.79. The molecule has 6 nitrogen and oxygen atoms in total. The van der Waals surface area contributed by atoms with Crippen LogP contribution in [0.4, 0.5) is 5.69 Å². The van der Waals surface area contributed by atoms with Gasteiger partial charge >= 0.3 is 0 Å². The highest BCUT2D eigenvalue weighted by atomic mass is 35.5. The van der Waals surface area contributed by atoms with E-state index in [9.17, 15) is 20.0 Å². The second kappa shape index (κ2) is 4.43. The summed E-state index contributed by atoms with van der Waals surface area (Å²) in [6.07, 6.45) is 2.01. The van der Waals surface area contributed by atoms with Gasteiger partial charge in [-0.15, -0.1) is 0 Å². The molecule has 0 radical (unpaired) electrons. The van der Waals surface area contributed by atoms with E-state index in [1.54, 1.807) is 0 Å². The molecule has 0 bridgehead atoms. The molecule has 0 atom stereocenters. The maximum Gasteiger partial charge on any atom is 0.288 e. The predicted molar refractivity (Wildman–Crippen MR) is 71.7 cm³/mol. The molecule has 1 aliphatic carbocycles. The van der Waals surface area contributed by atoms with Gasteiger partial charge in [0.15, 0.2) is 0 Å². The third-order valence-electron chi connectivity index (χ3n) is 3.94. The highest BCUT2D eigenvalue weighted by Crippen LogP contribution is 2.44. The third kappa shape index (κ3) is 2.14. The number of nitro groups is 1. The van der Waals surface area contributed by atoms with E-state index in [-0.39, 0.29) is 22.2 Å². The van der Waals surface area contributed by atoms with E-state index >= 15 is 0 Å². The summed E-state index contributed by atoms with van der Waals surface area (Å²) < 4.78 is 0. The lowest BCUT2D eigenvalue weighted by Crippen LogP contribution is -2.64. The van der Waals surface area contributed by atoms with Gasteiger partial charge < -0.3 is 10.0 Å². The first kappa shape index (κ1) is 13.3. The predicted octanol–water partition coefficient (Wildman–Crippen LogP) is 1.85. The molecule has 1 amide bonds. The Labute approximate surface area is 120 Å². The normalized spacial score (nSPS) is 20.4. The fourth-order valence-electron chi connectivity index (χ4n) is 2.61. The van der Waals surface area contributed by atoms with E-state index in [0.717, 1.165) is 12.8 Å². The number of hydrogen-bond donors (Lipinski definition) is 1. The summed E-state index contributed by atoms with van der Waals surface area (Å²) in [6.45, 7) is 0.597. The second-order valence-electron chi connectivity index (χ2n) is 5.46. The Kier molecular flexibility index (Phi) is 2.95. The minimum absolute atomic E-state index is 0.00430. The van der Waals surface area contributed by atoms with E-state index in [1.165, 1.54) is 23.1 Å². The fraction of sp³-hybridized carbons (Fsp3) is 0.462. The van der Waals surface area contributed by atoms with Crippen molar-refractivity contribution in [2.75, 3.05) is 13.1 Å². The molecule has 0 spiro atoms. The highest BCUT2D eigenvalue weighted by molar-refractivity contribution is 6.32. The zero-order valence-corrected chi connectivity index (χ0v) is 11.3. The molecule has 1 aliphatic heterocycles. The van der Waals surface area contributed by atoms with Crippen LogP contribution in [0.25, 0.3) is 0 Å². The maximum absolute atomic E-state index is 12.2. The van der Waals surface area contributed by atoms with Gasteiger partial charge in [-0.1, -0.05) is 11.6 Å². The maximum atomic E-state index is 12.2. The topological polar surface area (TPSA) is 83.7 Å². The molecule has 2 fully saturated rings.